The summed E-state index contributed by atoms with van der Waals surface area (Å²) in [6.45, 7) is 1.77. The van der Waals surface area contributed by atoms with Crippen LogP contribution >= 0.6 is 15.9 Å². The number of carbonyl (C=O) groups excluding carboxylic acids is 1. The van der Waals surface area contributed by atoms with Crippen molar-refractivity contribution in [2.45, 2.75) is 25.8 Å². The smallest absolute Gasteiger partial charge is 0.326 e. The van der Waals surface area contributed by atoms with Crippen molar-refractivity contribution in [2.75, 3.05) is 5.32 Å². The summed E-state index contributed by atoms with van der Waals surface area (Å²) in [6, 6.07) is -0.268. The standard InChI is InChI=1S/C12H13BrF2N2O3/c1-2-3-9(11(18)19)16-12(20)17-10-4-6(13)7(14)5-8(10)15/h4-5,9H,2-3H2,1H3,(H,18,19)(H2,16,17,20). The van der Waals surface area contributed by atoms with Gasteiger partial charge in [-0.2, -0.15) is 0 Å². The highest BCUT2D eigenvalue weighted by Gasteiger charge is 2.19. The van der Waals surface area contributed by atoms with Gasteiger partial charge < -0.3 is 15.7 Å². The maximum Gasteiger partial charge on any atom is 0.326 e. The third-order valence-electron chi connectivity index (χ3n) is 2.44. The van der Waals surface area contributed by atoms with E-state index < -0.39 is 29.7 Å². The fourth-order valence-corrected chi connectivity index (χ4v) is 1.82. The summed E-state index contributed by atoms with van der Waals surface area (Å²) in [6.07, 6.45) is 0.812. The molecule has 0 saturated carbocycles. The highest BCUT2D eigenvalue weighted by Crippen LogP contribution is 2.23. The average Bonchev–Trinajstić information content (AvgIpc) is 2.35. The van der Waals surface area contributed by atoms with E-state index in [1.54, 1.807) is 6.92 Å². The van der Waals surface area contributed by atoms with Gasteiger partial charge in [0.25, 0.3) is 0 Å². The fraction of sp³-hybridized carbons (Fsp3) is 0.333. The molecule has 2 amide bonds. The van der Waals surface area contributed by atoms with Gasteiger partial charge in [0.15, 0.2) is 0 Å². The molecule has 0 aromatic heterocycles. The van der Waals surface area contributed by atoms with Crippen LogP contribution in [-0.2, 0) is 4.79 Å². The Hall–Kier alpha value is -1.70. The van der Waals surface area contributed by atoms with Crippen LogP contribution in [0.5, 0.6) is 0 Å². The minimum Gasteiger partial charge on any atom is -0.480 e. The molecule has 0 fully saturated rings. The second-order valence-electron chi connectivity index (χ2n) is 4.02. The Bertz CT molecular complexity index is 526. The largest absolute Gasteiger partial charge is 0.480 e. The highest BCUT2D eigenvalue weighted by atomic mass is 79.9. The number of anilines is 1. The first-order valence-electron chi connectivity index (χ1n) is 5.80. The zero-order valence-corrected chi connectivity index (χ0v) is 12.1. The molecule has 0 aliphatic carbocycles. The Morgan fingerprint density at radius 1 is 1.35 bits per heavy atom. The summed E-state index contributed by atoms with van der Waals surface area (Å²) in [7, 11) is 0. The van der Waals surface area contributed by atoms with Gasteiger partial charge in [-0.05, 0) is 28.4 Å². The molecule has 0 bridgehead atoms. The van der Waals surface area contributed by atoms with E-state index in [9.17, 15) is 18.4 Å². The molecular weight excluding hydrogens is 338 g/mol. The quantitative estimate of drug-likeness (QED) is 0.714. The molecule has 110 valence electrons. The zero-order chi connectivity index (χ0) is 15.3. The molecule has 5 nitrogen and oxygen atoms in total. The lowest BCUT2D eigenvalue weighted by Crippen LogP contribution is -2.43. The van der Waals surface area contributed by atoms with E-state index in [0.29, 0.717) is 12.5 Å². The molecule has 3 N–H and O–H groups in total. The van der Waals surface area contributed by atoms with Crippen molar-refractivity contribution in [3.63, 3.8) is 0 Å². The molecule has 0 saturated heterocycles. The van der Waals surface area contributed by atoms with Crippen molar-refractivity contribution in [1.29, 1.82) is 0 Å². The van der Waals surface area contributed by atoms with Crippen molar-refractivity contribution in [3.8, 4) is 0 Å². The maximum absolute atomic E-state index is 13.4. The summed E-state index contributed by atoms with van der Waals surface area (Å²) >= 11 is 2.86. The third-order valence-corrected chi connectivity index (χ3v) is 3.05. The van der Waals surface area contributed by atoms with Crippen molar-refractivity contribution < 1.29 is 23.5 Å². The predicted molar refractivity (Wildman–Crippen MR) is 72.5 cm³/mol. The number of amides is 2. The first kappa shape index (κ1) is 16.4. The van der Waals surface area contributed by atoms with Gasteiger partial charge >= 0.3 is 12.0 Å². The van der Waals surface area contributed by atoms with E-state index >= 15 is 0 Å². The Morgan fingerprint density at radius 2 is 2.00 bits per heavy atom. The van der Waals surface area contributed by atoms with Crippen LogP contribution in [-0.4, -0.2) is 23.1 Å². The summed E-state index contributed by atoms with van der Waals surface area (Å²) < 4.78 is 26.4. The molecule has 1 rings (SSSR count). The lowest BCUT2D eigenvalue weighted by Gasteiger charge is -2.14. The molecule has 0 spiro atoms. The molecule has 0 heterocycles. The monoisotopic (exact) mass is 350 g/mol. The minimum absolute atomic E-state index is 0.0162. The molecule has 1 aromatic carbocycles. The second-order valence-corrected chi connectivity index (χ2v) is 4.88. The number of urea groups is 1. The van der Waals surface area contributed by atoms with Gasteiger partial charge in [-0.25, -0.2) is 18.4 Å². The van der Waals surface area contributed by atoms with E-state index in [1.807, 2.05) is 0 Å². The number of hydrogen-bond donors (Lipinski definition) is 3. The number of carboxylic acids is 1. The van der Waals surface area contributed by atoms with Gasteiger partial charge in [0.1, 0.15) is 17.7 Å². The lowest BCUT2D eigenvalue weighted by molar-refractivity contribution is -0.139. The molecule has 20 heavy (non-hydrogen) atoms. The summed E-state index contributed by atoms with van der Waals surface area (Å²) in [4.78, 5) is 22.5. The summed E-state index contributed by atoms with van der Waals surface area (Å²) in [5, 5.41) is 13.2. The summed E-state index contributed by atoms with van der Waals surface area (Å²) in [5.41, 5.74) is -0.253. The molecule has 8 heteroatoms. The SMILES string of the molecule is CCCC(NC(=O)Nc1cc(Br)c(F)cc1F)C(=O)O. The number of rotatable bonds is 5. The normalized spacial score (nSPS) is 11.8. The van der Waals surface area contributed by atoms with E-state index in [0.717, 1.165) is 6.07 Å². The Kier molecular flexibility index (Phi) is 5.87. The van der Waals surface area contributed by atoms with Crippen LogP contribution in [0.3, 0.4) is 0 Å². The van der Waals surface area contributed by atoms with Crippen molar-refractivity contribution in [2.24, 2.45) is 0 Å². The molecule has 0 aliphatic heterocycles. The van der Waals surface area contributed by atoms with Crippen LogP contribution in [0.4, 0.5) is 19.3 Å². The molecule has 1 atom stereocenters. The van der Waals surface area contributed by atoms with Gasteiger partial charge in [-0.15, -0.1) is 0 Å². The van der Waals surface area contributed by atoms with Crippen LogP contribution in [0.1, 0.15) is 19.8 Å². The van der Waals surface area contributed by atoms with Gasteiger partial charge in [-0.1, -0.05) is 13.3 Å². The number of halogens is 3. The van der Waals surface area contributed by atoms with Crippen LogP contribution in [0.2, 0.25) is 0 Å². The van der Waals surface area contributed by atoms with E-state index in [1.165, 1.54) is 0 Å². The molecular formula is C12H13BrF2N2O3. The predicted octanol–water partition coefficient (Wildman–Crippen LogP) is 3.10. The average molecular weight is 351 g/mol. The van der Waals surface area contributed by atoms with Gasteiger partial charge in [0, 0.05) is 6.07 Å². The highest BCUT2D eigenvalue weighted by molar-refractivity contribution is 9.10. The summed E-state index contributed by atoms with van der Waals surface area (Å²) in [5.74, 6) is -2.94. The molecule has 1 aromatic rings. The molecule has 0 aliphatic rings. The topological polar surface area (TPSA) is 78.4 Å². The number of hydrogen-bond acceptors (Lipinski definition) is 2. The minimum atomic E-state index is -1.18. The van der Waals surface area contributed by atoms with Crippen LogP contribution in [0, 0.1) is 11.6 Å². The third kappa shape index (κ3) is 4.44. The zero-order valence-electron chi connectivity index (χ0n) is 10.5. The Morgan fingerprint density at radius 3 is 2.55 bits per heavy atom. The van der Waals surface area contributed by atoms with Crippen molar-refractivity contribution in [1.82, 2.24) is 5.32 Å². The number of nitrogens with one attached hydrogen (secondary N) is 2. The van der Waals surface area contributed by atoms with Gasteiger partial charge in [0.2, 0.25) is 0 Å². The van der Waals surface area contributed by atoms with Crippen LogP contribution in [0.15, 0.2) is 16.6 Å². The molecule has 1 unspecified atom stereocenters. The fourth-order valence-electron chi connectivity index (χ4n) is 1.48. The number of aliphatic carboxylic acids is 1. The van der Waals surface area contributed by atoms with E-state index in [4.69, 9.17) is 5.11 Å². The molecule has 0 radical (unpaired) electrons. The Labute approximate surface area is 122 Å². The van der Waals surface area contributed by atoms with Gasteiger partial charge in [0.05, 0.1) is 10.2 Å². The number of carbonyl (C=O) groups is 2. The lowest BCUT2D eigenvalue weighted by atomic mass is 10.2. The first-order chi connectivity index (χ1) is 9.35. The van der Waals surface area contributed by atoms with E-state index in [-0.39, 0.29) is 16.6 Å². The van der Waals surface area contributed by atoms with E-state index in [2.05, 4.69) is 26.6 Å². The van der Waals surface area contributed by atoms with Crippen LogP contribution < -0.4 is 10.6 Å². The maximum atomic E-state index is 13.4. The Balaban J connectivity index is 2.75. The van der Waals surface area contributed by atoms with Crippen molar-refractivity contribution >= 4 is 33.6 Å². The van der Waals surface area contributed by atoms with Crippen molar-refractivity contribution in [3.05, 3.63) is 28.2 Å². The second kappa shape index (κ2) is 7.18. The van der Waals surface area contributed by atoms with Gasteiger partial charge in [-0.3, -0.25) is 0 Å². The first-order valence-corrected chi connectivity index (χ1v) is 6.59. The van der Waals surface area contributed by atoms with Crippen LogP contribution in [0.25, 0.3) is 0 Å². The number of benzene rings is 1. The number of carboxylic acid groups (broad SMARTS) is 1.